The van der Waals surface area contributed by atoms with Gasteiger partial charge in [0.25, 0.3) is 0 Å². The van der Waals surface area contributed by atoms with Gasteiger partial charge in [-0.15, -0.1) is 0 Å². The molecule has 0 atom stereocenters. The first-order valence-electron chi connectivity index (χ1n) is 9.88. The normalized spacial score (nSPS) is 13.2. The molecule has 3 aromatic rings. The summed E-state index contributed by atoms with van der Waals surface area (Å²) >= 11 is 0. The molecular weight excluding hydrogens is 348 g/mol. The fourth-order valence-corrected chi connectivity index (χ4v) is 3.58. The molecular formula is C23H26N4O. The SMILES string of the molecule is COCCCNc1cc(-c2ccccc2)nc(N2CCCc3ccccc32)n1. The third-order valence-electron chi connectivity index (χ3n) is 4.97. The first-order chi connectivity index (χ1) is 13.8. The molecule has 28 heavy (non-hydrogen) atoms. The van der Waals surface area contributed by atoms with Gasteiger partial charge in [-0.05, 0) is 30.9 Å². The van der Waals surface area contributed by atoms with Crippen LogP contribution >= 0.6 is 0 Å². The van der Waals surface area contributed by atoms with Gasteiger partial charge < -0.3 is 15.0 Å². The quantitative estimate of drug-likeness (QED) is 0.609. The molecule has 144 valence electrons. The van der Waals surface area contributed by atoms with Crippen LogP contribution in [0.2, 0.25) is 0 Å². The average Bonchev–Trinajstić information content (AvgIpc) is 2.77. The largest absolute Gasteiger partial charge is 0.385 e. The Morgan fingerprint density at radius 3 is 2.71 bits per heavy atom. The molecule has 0 amide bonds. The van der Waals surface area contributed by atoms with Crippen molar-refractivity contribution in [2.75, 3.05) is 37.0 Å². The number of rotatable bonds is 7. The molecule has 0 fully saturated rings. The Balaban J connectivity index is 1.70. The van der Waals surface area contributed by atoms with Gasteiger partial charge in [0.2, 0.25) is 5.95 Å². The van der Waals surface area contributed by atoms with Crippen LogP contribution in [0.25, 0.3) is 11.3 Å². The van der Waals surface area contributed by atoms with E-state index in [1.165, 1.54) is 11.3 Å². The van der Waals surface area contributed by atoms with E-state index in [0.29, 0.717) is 0 Å². The Labute approximate surface area is 166 Å². The molecule has 5 heteroatoms. The highest BCUT2D eigenvalue weighted by Crippen LogP contribution is 2.33. The van der Waals surface area contributed by atoms with E-state index in [4.69, 9.17) is 14.7 Å². The maximum absolute atomic E-state index is 5.15. The van der Waals surface area contributed by atoms with Crippen LogP contribution in [-0.4, -0.2) is 36.8 Å². The summed E-state index contributed by atoms with van der Waals surface area (Å²) < 4.78 is 5.15. The lowest BCUT2D eigenvalue weighted by Crippen LogP contribution is -2.26. The van der Waals surface area contributed by atoms with Crippen LogP contribution in [0.1, 0.15) is 18.4 Å². The Morgan fingerprint density at radius 2 is 1.86 bits per heavy atom. The van der Waals surface area contributed by atoms with E-state index in [2.05, 4.69) is 46.6 Å². The second-order valence-electron chi connectivity index (χ2n) is 6.96. The van der Waals surface area contributed by atoms with Crippen molar-refractivity contribution < 1.29 is 4.74 Å². The summed E-state index contributed by atoms with van der Waals surface area (Å²) in [6.45, 7) is 2.48. The molecule has 1 aromatic heterocycles. The number of methoxy groups -OCH3 is 1. The van der Waals surface area contributed by atoms with Gasteiger partial charge >= 0.3 is 0 Å². The molecule has 0 aliphatic carbocycles. The Morgan fingerprint density at radius 1 is 1.04 bits per heavy atom. The topological polar surface area (TPSA) is 50.3 Å². The number of nitrogens with zero attached hydrogens (tertiary/aromatic N) is 3. The van der Waals surface area contributed by atoms with Crippen LogP contribution in [0.4, 0.5) is 17.5 Å². The monoisotopic (exact) mass is 374 g/mol. The van der Waals surface area contributed by atoms with Crippen LogP contribution < -0.4 is 10.2 Å². The van der Waals surface area contributed by atoms with E-state index in [1.54, 1.807) is 7.11 Å². The lowest BCUT2D eigenvalue weighted by atomic mass is 10.0. The minimum atomic E-state index is 0.732. The summed E-state index contributed by atoms with van der Waals surface area (Å²) in [5.74, 6) is 1.60. The summed E-state index contributed by atoms with van der Waals surface area (Å²) in [7, 11) is 1.73. The molecule has 0 saturated heterocycles. The number of nitrogens with one attached hydrogen (secondary N) is 1. The molecule has 4 rings (SSSR count). The number of para-hydroxylation sites is 1. The van der Waals surface area contributed by atoms with Gasteiger partial charge in [-0.1, -0.05) is 48.5 Å². The highest BCUT2D eigenvalue weighted by atomic mass is 16.5. The van der Waals surface area contributed by atoms with Crippen LogP contribution in [0.3, 0.4) is 0 Å². The lowest BCUT2D eigenvalue weighted by Gasteiger charge is -2.30. The summed E-state index contributed by atoms with van der Waals surface area (Å²) in [5, 5.41) is 3.44. The van der Waals surface area contributed by atoms with E-state index in [9.17, 15) is 0 Å². The molecule has 1 N–H and O–H groups in total. The van der Waals surface area contributed by atoms with Gasteiger partial charge in [0.15, 0.2) is 0 Å². The van der Waals surface area contributed by atoms with Crippen molar-refractivity contribution in [1.29, 1.82) is 0 Å². The van der Waals surface area contributed by atoms with E-state index in [-0.39, 0.29) is 0 Å². The molecule has 2 heterocycles. The van der Waals surface area contributed by atoms with E-state index in [1.807, 2.05) is 24.3 Å². The number of hydrogen-bond donors (Lipinski definition) is 1. The zero-order valence-corrected chi connectivity index (χ0v) is 16.3. The number of aryl methyl sites for hydroxylation is 1. The van der Waals surface area contributed by atoms with Gasteiger partial charge in [-0.3, -0.25) is 0 Å². The zero-order valence-electron chi connectivity index (χ0n) is 16.3. The summed E-state index contributed by atoms with van der Waals surface area (Å²) in [6, 6.07) is 20.9. The fourth-order valence-electron chi connectivity index (χ4n) is 3.58. The van der Waals surface area contributed by atoms with Gasteiger partial charge in [-0.2, -0.15) is 4.98 Å². The van der Waals surface area contributed by atoms with Crippen molar-refractivity contribution in [1.82, 2.24) is 9.97 Å². The predicted octanol–water partition coefficient (Wildman–Crippen LogP) is 4.68. The molecule has 0 saturated carbocycles. The maximum Gasteiger partial charge on any atom is 0.232 e. The van der Waals surface area contributed by atoms with Crippen molar-refractivity contribution in [3.8, 4) is 11.3 Å². The smallest absolute Gasteiger partial charge is 0.232 e. The van der Waals surface area contributed by atoms with E-state index >= 15 is 0 Å². The highest BCUT2D eigenvalue weighted by Gasteiger charge is 2.21. The van der Waals surface area contributed by atoms with Crippen LogP contribution in [0.5, 0.6) is 0 Å². The number of hydrogen-bond acceptors (Lipinski definition) is 5. The van der Waals surface area contributed by atoms with Gasteiger partial charge in [0.1, 0.15) is 5.82 Å². The zero-order chi connectivity index (χ0) is 19.2. The molecule has 2 aromatic carbocycles. The van der Waals surface area contributed by atoms with Crippen molar-refractivity contribution in [3.05, 3.63) is 66.2 Å². The first-order valence-corrected chi connectivity index (χ1v) is 9.88. The molecule has 1 aliphatic rings. The Bertz CT molecular complexity index is 913. The number of anilines is 3. The third kappa shape index (κ3) is 4.15. The van der Waals surface area contributed by atoms with E-state index < -0.39 is 0 Å². The van der Waals surface area contributed by atoms with Crippen molar-refractivity contribution in [3.63, 3.8) is 0 Å². The maximum atomic E-state index is 5.15. The first kappa shape index (κ1) is 18.4. The van der Waals surface area contributed by atoms with Crippen LogP contribution in [-0.2, 0) is 11.2 Å². The lowest BCUT2D eigenvalue weighted by molar-refractivity contribution is 0.198. The second kappa shape index (κ2) is 8.85. The van der Waals surface area contributed by atoms with Crippen molar-refractivity contribution in [2.45, 2.75) is 19.3 Å². The Hall–Kier alpha value is -2.92. The van der Waals surface area contributed by atoms with Gasteiger partial charge in [-0.25, -0.2) is 4.98 Å². The summed E-state index contributed by atoms with van der Waals surface area (Å²) in [5.41, 5.74) is 4.60. The van der Waals surface area contributed by atoms with Crippen molar-refractivity contribution in [2.24, 2.45) is 0 Å². The predicted molar refractivity (Wildman–Crippen MR) is 114 cm³/mol. The number of ether oxygens (including phenoxy) is 1. The molecule has 0 spiro atoms. The molecule has 5 nitrogen and oxygen atoms in total. The highest BCUT2D eigenvalue weighted by molar-refractivity contribution is 5.69. The fraction of sp³-hybridized carbons (Fsp3) is 0.304. The number of aromatic nitrogens is 2. The minimum Gasteiger partial charge on any atom is -0.385 e. The van der Waals surface area contributed by atoms with Crippen LogP contribution in [0.15, 0.2) is 60.7 Å². The number of benzene rings is 2. The second-order valence-corrected chi connectivity index (χ2v) is 6.96. The molecule has 0 unspecified atom stereocenters. The summed E-state index contributed by atoms with van der Waals surface area (Å²) in [4.78, 5) is 12.0. The standard InChI is InChI=1S/C23H26N4O/c1-28-16-8-14-24-22-17-20(18-9-3-2-4-10-18)25-23(26-22)27-15-7-12-19-11-5-6-13-21(19)27/h2-6,9-11,13,17H,7-8,12,14-16H2,1H3,(H,24,25,26). The molecule has 1 aliphatic heterocycles. The molecule has 0 bridgehead atoms. The summed E-state index contributed by atoms with van der Waals surface area (Å²) in [6.07, 6.45) is 3.14. The van der Waals surface area contributed by atoms with Crippen LogP contribution in [0, 0.1) is 0 Å². The third-order valence-corrected chi connectivity index (χ3v) is 4.97. The average molecular weight is 374 g/mol. The van der Waals surface area contributed by atoms with E-state index in [0.717, 1.165) is 62.0 Å². The van der Waals surface area contributed by atoms with Crippen molar-refractivity contribution >= 4 is 17.5 Å². The number of fused-ring (bicyclic) bond motifs is 1. The van der Waals surface area contributed by atoms with Gasteiger partial charge in [0, 0.05) is 44.1 Å². The van der Waals surface area contributed by atoms with Gasteiger partial charge in [0.05, 0.1) is 5.69 Å². The minimum absolute atomic E-state index is 0.732. The Kier molecular flexibility index (Phi) is 5.83. The molecule has 0 radical (unpaired) electrons.